The van der Waals surface area contributed by atoms with Gasteiger partial charge in [-0.15, -0.1) is 0 Å². The SMILES string of the molecule is Cc1ccc(C2=C[C@@H](c3ccccc3OC(F)F)n3ncnc3N2)cc1. The molecule has 0 spiro atoms. The lowest BCUT2D eigenvalue weighted by Gasteiger charge is -2.25. The standard InChI is InChI=1S/C19H16F2N4O/c1-12-6-8-13(9-7-12)15-10-16(25-19(24-15)22-11-23-25)14-4-2-3-5-17(14)26-18(20)21/h2-11,16,18H,1H3,(H,22,23,24)/t16-/m0/s1. The van der Waals surface area contributed by atoms with E-state index < -0.39 is 12.7 Å². The number of aromatic nitrogens is 3. The Balaban J connectivity index is 1.81. The van der Waals surface area contributed by atoms with E-state index in [-0.39, 0.29) is 5.75 Å². The maximum Gasteiger partial charge on any atom is 0.387 e. The van der Waals surface area contributed by atoms with Crippen LogP contribution in [0.5, 0.6) is 5.75 Å². The third kappa shape index (κ3) is 3.03. The number of aryl methyl sites for hydroxylation is 1. The number of nitrogens with one attached hydrogen (secondary N) is 1. The van der Waals surface area contributed by atoms with E-state index in [2.05, 4.69) is 15.4 Å². The van der Waals surface area contributed by atoms with Gasteiger partial charge in [0, 0.05) is 11.3 Å². The summed E-state index contributed by atoms with van der Waals surface area (Å²) in [5, 5.41) is 7.47. The quantitative estimate of drug-likeness (QED) is 0.761. The first kappa shape index (κ1) is 16.3. The Morgan fingerprint density at radius 3 is 2.65 bits per heavy atom. The molecule has 0 aliphatic carbocycles. The number of anilines is 1. The minimum absolute atomic E-state index is 0.121. The number of hydrogen-bond donors (Lipinski definition) is 1. The molecule has 1 N–H and O–H groups in total. The van der Waals surface area contributed by atoms with Crippen LogP contribution in [0.2, 0.25) is 0 Å². The largest absolute Gasteiger partial charge is 0.434 e. The first-order valence-electron chi connectivity index (χ1n) is 8.11. The molecule has 26 heavy (non-hydrogen) atoms. The molecule has 5 nitrogen and oxygen atoms in total. The summed E-state index contributed by atoms with van der Waals surface area (Å²) in [6.45, 7) is -0.877. The van der Waals surface area contributed by atoms with Crippen molar-refractivity contribution in [3.05, 3.63) is 77.6 Å². The molecule has 1 aliphatic heterocycles. The fourth-order valence-electron chi connectivity index (χ4n) is 2.98. The van der Waals surface area contributed by atoms with Crippen LogP contribution in [0.15, 0.2) is 60.9 Å². The molecule has 1 aliphatic rings. The molecule has 1 atom stereocenters. The van der Waals surface area contributed by atoms with Crippen LogP contribution in [0.4, 0.5) is 14.7 Å². The van der Waals surface area contributed by atoms with Crippen molar-refractivity contribution in [2.24, 2.45) is 0 Å². The van der Waals surface area contributed by atoms with Gasteiger partial charge in [-0.3, -0.25) is 0 Å². The number of allylic oxidation sites excluding steroid dienone is 1. The molecule has 0 unspecified atom stereocenters. The zero-order chi connectivity index (χ0) is 18.1. The highest BCUT2D eigenvalue weighted by Crippen LogP contribution is 2.36. The van der Waals surface area contributed by atoms with Crippen LogP contribution in [-0.2, 0) is 0 Å². The summed E-state index contributed by atoms with van der Waals surface area (Å²) in [5.41, 5.74) is 3.55. The fourth-order valence-corrected chi connectivity index (χ4v) is 2.98. The highest BCUT2D eigenvalue weighted by atomic mass is 19.3. The summed E-state index contributed by atoms with van der Waals surface area (Å²) < 4.78 is 31.9. The predicted octanol–water partition coefficient (Wildman–Crippen LogP) is 4.24. The predicted molar refractivity (Wildman–Crippen MR) is 94.0 cm³/mol. The molecule has 0 saturated carbocycles. The Hall–Kier alpha value is -3.22. The first-order valence-corrected chi connectivity index (χ1v) is 8.11. The van der Waals surface area contributed by atoms with Crippen LogP contribution >= 0.6 is 0 Å². The smallest absolute Gasteiger partial charge is 0.387 e. The zero-order valence-corrected chi connectivity index (χ0v) is 13.9. The molecule has 3 aromatic rings. The van der Waals surface area contributed by atoms with E-state index in [0.717, 1.165) is 16.8 Å². The molecule has 7 heteroatoms. The molecule has 132 valence electrons. The second kappa shape index (κ2) is 6.59. The van der Waals surface area contributed by atoms with Crippen molar-refractivity contribution in [2.45, 2.75) is 19.6 Å². The molecule has 4 rings (SSSR count). The van der Waals surface area contributed by atoms with Crippen LogP contribution < -0.4 is 10.1 Å². The Labute approximate surface area is 148 Å². The molecule has 0 saturated heterocycles. The van der Waals surface area contributed by atoms with Crippen LogP contribution in [0, 0.1) is 6.92 Å². The zero-order valence-electron chi connectivity index (χ0n) is 13.9. The average Bonchev–Trinajstić information content (AvgIpc) is 3.10. The number of para-hydroxylation sites is 1. The van der Waals surface area contributed by atoms with Crippen molar-refractivity contribution in [3.63, 3.8) is 0 Å². The maximum atomic E-state index is 12.8. The van der Waals surface area contributed by atoms with E-state index in [1.54, 1.807) is 22.9 Å². The molecule has 2 heterocycles. The van der Waals surface area contributed by atoms with Crippen LogP contribution in [0.3, 0.4) is 0 Å². The van der Waals surface area contributed by atoms with Crippen LogP contribution in [-0.4, -0.2) is 21.4 Å². The summed E-state index contributed by atoms with van der Waals surface area (Å²) in [6.07, 6.45) is 3.36. The van der Waals surface area contributed by atoms with Gasteiger partial charge in [-0.2, -0.15) is 18.9 Å². The number of benzene rings is 2. The normalized spacial score (nSPS) is 16.0. The molecule has 0 bridgehead atoms. The third-order valence-corrected chi connectivity index (χ3v) is 4.22. The van der Waals surface area contributed by atoms with Gasteiger partial charge < -0.3 is 10.1 Å². The number of alkyl halides is 2. The summed E-state index contributed by atoms with van der Waals surface area (Å²) in [7, 11) is 0. The Kier molecular flexibility index (Phi) is 4.12. The Morgan fingerprint density at radius 2 is 1.88 bits per heavy atom. The van der Waals surface area contributed by atoms with E-state index in [1.807, 2.05) is 37.3 Å². The second-order valence-electron chi connectivity index (χ2n) is 5.96. The van der Waals surface area contributed by atoms with E-state index in [9.17, 15) is 8.78 Å². The van der Waals surface area contributed by atoms with Crippen molar-refractivity contribution < 1.29 is 13.5 Å². The topological polar surface area (TPSA) is 52.0 Å². The molecule has 0 amide bonds. The monoisotopic (exact) mass is 354 g/mol. The average molecular weight is 354 g/mol. The van der Waals surface area contributed by atoms with Crippen molar-refractivity contribution in [3.8, 4) is 5.75 Å². The Morgan fingerprint density at radius 1 is 1.12 bits per heavy atom. The van der Waals surface area contributed by atoms with Gasteiger partial charge in [0.05, 0.1) is 0 Å². The maximum absolute atomic E-state index is 12.8. The molecule has 0 fully saturated rings. The van der Waals surface area contributed by atoms with Gasteiger partial charge >= 0.3 is 6.61 Å². The summed E-state index contributed by atoms with van der Waals surface area (Å²) in [5.74, 6) is 0.662. The molecule has 2 aromatic carbocycles. The van der Waals surface area contributed by atoms with Crippen molar-refractivity contribution in [1.82, 2.24) is 14.8 Å². The van der Waals surface area contributed by atoms with Crippen molar-refractivity contribution in [1.29, 1.82) is 0 Å². The van der Waals surface area contributed by atoms with Gasteiger partial charge in [-0.25, -0.2) is 4.68 Å². The molecular formula is C19H16F2N4O. The first-order chi connectivity index (χ1) is 12.6. The van der Waals surface area contributed by atoms with Crippen molar-refractivity contribution in [2.75, 3.05) is 5.32 Å². The number of hydrogen-bond acceptors (Lipinski definition) is 4. The van der Waals surface area contributed by atoms with Gasteiger partial charge in [-0.05, 0) is 24.6 Å². The molecule has 1 aromatic heterocycles. The van der Waals surface area contributed by atoms with Gasteiger partial charge in [0.25, 0.3) is 0 Å². The van der Waals surface area contributed by atoms with E-state index in [1.165, 1.54) is 12.4 Å². The van der Waals surface area contributed by atoms with Gasteiger partial charge in [-0.1, -0.05) is 48.0 Å². The van der Waals surface area contributed by atoms with E-state index in [4.69, 9.17) is 4.74 Å². The number of fused-ring (bicyclic) bond motifs is 1. The Bertz CT molecular complexity index is 950. The number of rotatable bonds is 4. The number of nitrogens with zero attached hydrogens (tertiary/aromatic N) is 3. The fraction of sp³-hybridized carbons (Fsp3) is 0.158. The third-order valence-electron chi connectivity index (χ3n) is 4.22. The lowest BCUT2D eigenvalue weighted by molar-refractivity contribution is -0.0506. The van der Waals surface area contributed by atoms with Gasteiger partial charge in [0.2, 0.25) is 5.95 Å². The van der Waals surface area contributed by atoms with Crippen LogP contribution in [0.1, 0.15) is 22.7 Å². The summed E-state index contributed by atoms with van der Waals surface area (Å²) in [4.78, 5) is 4.23. The van der Waals surface area contributed by atoms with E-state index in [0.29, 0.717) is 11.5 Å². The molecular weight excluding hydrogens is 338 g/mol. The van der Waals surface area contributed by atoms with Crippen molar-refractivity contribution >= 4 is 11.6 Å². The van der Waals surface area contributed by atoms with E-state index >= 15 is 0 Å². The highest BCUT2D eigenvalue weighted by Gasteiger charge is 2.26. The minimum Gasteiger partial charge on any atom is -0.434 e. The minimum atomic E-state index is -2.89. The van der Waals surface area contributed by atoms with Gasteiger partial charge in [0.1, 0.15) is 18.1 Å². The lowest BCUT2D eigenvalue weighted by Crippen LogP contribution is -2.21. The second-order valence-corrected chi connectivity index (χ2v) is 5.96. The summed E-state index contributed by atoms with van der Waals surface area (Å²) in [6, 6.07) is 14.3. The highest BCUT2D eigenvalue weighted by molar-refractivity contribution is 5.77. The lowest BCUT2D eigenvalue weighted by atomic mass is 10.0. The van der Waals surface area contributed by atoms with Crippen LogP contribution in [0.25, 0.3) is 5.70 Å². The number of halogens is 2. The molecule has 0 radical (unpaired) electrons. The summed E-state index contributed by atoms with van der Waals surface area (Å²) >= 11 is 0. The van der Waals surface area contributed by atoms with Gasteiger partial charge in [0.15, 0.2) is 0 Å². The number of ether oxygens (including phenoxy) is 1.